The van der Waals surface area contributed by atoms with E-state index in [4.69, 9.17) is 15.5 Å². The van der Waals surface area contributed by atoms with Crippen molar-refractivity contribution in [2.75, 3.05) is 18.1 Å². The Hall–Kier alpha value is -0.240. The second kappa shape index (κ2) is 7.86. The molecule has 0 aliphatic rings. The molecule has 0 spiro atoms. The van der Waals surface area contributed by atoms with Crippen molar-refractivity contribution in [2.24, 2.45) is 0 Å². The summed E-state index contributed by atoms with van der Waals surface area (Å²) >= 11 is 1.56. The highest BCUT2D eigenvalue weighted by atomic mass is 32.2. The first-order chi connectivity index (χ1) is 5.31. The first kappa shape index (κ1) is 10.8. The Morgan fingerprint density at radius 1 is 1.55 bits per heavy atom. The minimum absolute atomic E-state index is 0.175. The zero-order valence-corrected chi connectivity index (χ0v) is 7.18. The summed E-state index contributed by atoms with van der Waals surface area (Å²) in [6.07, 6.45) is 0.823. The molecule has 0 aliphatic heterocycles. The zero-order valence-electron chi connectivity index (χ0n) is 6.36. The fourth-order valence-electron chi connectivity index (χ4n) is 0.525. The molecule has 0 bridgehead atoms. The van der Waals surface area contributed by atoms with Crippen LogP contribution in [0.4, 0.5) is 0 Å². The van der Waals surface area contributed by atoms with Crippen LogP contribution in [-0.4, -0.2) is 34.4 Å². The molecule has 0 saturated carbocycles. The van der Waals surface area contributed by atoms with Gasteiger partial charge in [0.15, 0.2) is 0 Å². The Morgan fingerprint density at radius 2 is 2.27 bits per heavy atom. The molecule has 64 valence electrons. The molecule has 3 nitrogen and oxygen atoms in total. The van der Waals surface area contributed by atoms with E-state index in [0.717, 1.165) is 12.2 Å². The predicted molar refractivity (Wildman–Crippen MR) is 45.3 cm³/mol. The van der Waals surface area contributed by atoms with E-state index in [1.807, 2.05) is 6.07 Å². The second-order valence-corrected chi connectivity index (χ2v) is 3.32. The van der Waals surface area contributed by atoms with Crippen LogP contribution in [0.15, 0.2) is 0 Å². The third-order valence-electron chi connectivity index (χ3n) is 1.10. The molecule has 1 unspecified atom stereocenters. The Morgan fingerprint density at radius 3 is 2.82 bits per heavy atom. The van der Waals surface area contributed by atoms with E-state index in [1.165, 1.54) is 0 Å². The number of hydrogen-bond donors (Lipinski definition) is 2. The molecule has 11 heavy (non-hydrogen) atoms. The average molecular weight is 175 g/mol. The lowest BCUT2D eigenvalue weighted by Crippen LogP contribution is -2.14. The number of hydrogen-bond acceptors (Lipinski definition) is 4. The molecule has 0 heterocycles. The average Bonchev–Trinajstić information content (AvgIpc) is 2.04. The van der Waals surface area contributed by atoms with Crippen LogP contribution in [0.1, 0.15) is 12.8 Å². The van der Waals surface area contributed by atoms with Crippen molar-refractivity contribution < 1.29 is 10.2 Å². The maximum atomic E-state index is 8.88. The van der Waals surface area contributed by atoms with Crippen molar-refractivity contribution in [3.8, 4) is 6.07 Å². The molecule has 0 aromatic rings. The summed E-state index contributed by atoms with van der Waals surface area (Å²) in [7, 11) is 0. The van der Waals surface area contributed by atoms with Crippen LogP contribution in [0, 0.1) is 11.3 Å². The van der Waals surface area contributed by atoms with Gasteiger partial charge in [-0.1, -0.05) is 0 Å². The number of nitrogens with zero attached hydrogens (tertiary/aromatic N) is 1. The summed E-state index contributed by atoms with van der Waals surface area (Å²) in [5.41, 5.74) is 0. The van der Waals surface area contributed by atoms with Crippen LogP contribution >= 0.6 is 11.8 Å². The van der Waals surface area contributed by atoms with Crippen molar-refractivity contribution >= 4 is 11.8 Å². The molecular weight excluding hydrogens is 162 g/mol. The van der Waals surface area contributed by atoms with Gasteiger partial charge in [-0.3, -0.25) is 0 Å². The molecule has 0 radical (unpaired) electrons. The molecule has 4 heteroatoms. The Kier molecular flexibility index (Phi) is 7.69. The van der Waals surface area contributed by atoms with Gasteiger partial charge in [0.05, 0.1) is 18.8 Å². The normalized spacial score (nSPS) is 12.5. The lowest BCUT2D eigenvalue weighted by atomic mass is 10.4. The van der Waals surface area contributed by atoms with E-state index in [0.29, 0.717) is 12.2 Å². The zero-order chi connectivity index (χ0) is 8.53. The van der Waals surface area contributed by atoms with Gasteiger partial charge >= 0.3 is 0 Å². The number of rotatable bonds is 6. The highest BCUT2D eigenvalue weighted by molar-refractivity contribution is 7.99. The van der Waals surface area contributed by atoms with E-state index >= 15 is 0 Å². The fourth-order valence-corrected chi connectivity index (χ4v) is 1.42. The Labute approximate surface area is 71.0 Å². The standard InChI is InChI=1S/C7H13NO2S/c8-3-1-2-4-11-6-7(10)5-9/h7,9-10H,1-2,4-6H2. The summed E-state index contributed by atoms with van der Waals surface area (Å²) in [5.74, 6) is 1.44. The molecule has 0 aromatic heterocycles. The van der Waals surface area contributed by atoms with Crippen LogP contribution in [0.3, 0.4) is 0 Å². The summed E-state index contributed by atoms with van der Waals surface area (Å²) in [4.78, 5) is 0. The monoisotopic (exact) mass is 175 g/mol. The third kappa shape index (κ3) is 7.66. The van der Waals surface area contributed by atoms with Gasteiger partial charge in [-0.15, -0.1) is 0 Å². The molecule has 0 aromatic carbocycles. The molecule has 0 fully saturated rings. The lowest BCUT2D eigenvalue weighted by Gasteiger charge is -2.04. The molecule has 0 saturated heterocycles. The minimum Gasteiger partial charge on any atom is -0.394 e. The van der Waals surface area contributed by atoms with Gasteiger partial charge < -0.3 is 10.2 Å². The van der Waals surface area contributed by atoms with Crippen LogP contribution in [0.2, 0.25) is 0 Å². The van der Waals surface area contributed by atoms with Gasteiger partial charge in [0.25, 0.3) is 0 Å². The van der Waals surface area contributed by atoms with Gasteiger partial charge in [-0.25, -0.2) is 0 Å². The maximum absolute atomic E-state index is 8.88. The smallest absolute Gasteiger partial charge is 0.0861 e. The first-order valence-electron chi connectivity index (χ1n) is 3.55. The highest BCUT2D eigenvalue weighted by Gasteiger charge is 2.00. The summed E-state index contributed by atoms with van der Waals surface area (Å²) in [6.45, 7) is -0.175. The number of aliphatic hydroxyl groups excluding tert-OH is 2. The lowest BCUT2D eigenvalue weighted by molar-refractivity contribution is 0.113. The Bertz CT molecular complexity index is 124. The van der Waals surface area contributed by atoms with Crippen LogP contribution in [0.25, 0.3) is 0 Å². The van der Waals surface area contributed by atoms with Crippen LogP contribution < -0.4 is 0 Å². The second-order valence-electron chi connectivity index (χ2n) is 2.17. The van der Waals surface area contributed by atoms with Gasteiger partial charge in [-0.05, 0) is 12.2 Å². The Balaban J connectivity index is 2.97. The highest BCUT2D eigenvalue weighted by Crippen LogP contribution is 2.05. The molecule has 0 rings (SSSR count). The predicted octanol–water partition coefficient (Wildman–Crippen LogP) is 0.377. The van der Waals surface area contributed by atoms with Crippen molar-refractivity contribution in [2.45, 2.75) is 18.9 Å². The van der Waals surface area contributed by atoms with Crippen molar-refractivity contribution in [1.29, 1.82) is 5.26 Å². The molecule has 0 amide bonds. The van der Waals surface area contributed by atoms with Gasteiger partial charge in [0.2, 0.25) is 0 Å². The van der Waals surface area contributed by atoms with E-state index < -0.39 is 6.10 Å². The van der Waals surface area contributed by atoms with Crippen molar-refractivity contribution in [1.82, 2.24) is 0 Å². The van der Waals surface area contributed by atoms with Gasteiger partial charge in [-0.2, -0.15) is 17.0 Å². The summed E-state index contributed by atoms with van der Waals surface area (Å²) in [6, 6.07) is 2.04. The van der Waals surface area contributed by atoms with Crippen molar-refractivity contribution in [3.63, 3.8) is 0 Å². The molecule has 0 aliphatic carbocycles. The summed E-state index contributed by atoms with van der Waals surface area (Å²) < 4.78 is 0. The van der Waals surface area contributed by atoms with Crippen LogP contribution in [0.5, 0.6) is 0 Å². The van der Waals surface area contributed by atoms with E-state index in [2.05, 4.69) is 0 Å². The van der Waals surface area contributed by atoms with E-state index in [1.54, 1.807) is 11.8 Å². The third-order valence-corrected chi connectivity index (χ3v) is 2.30. The van der Waals surface area contributed by atoms with Gasteiger partial charge in [0, 0.05) is 12.2 Å². The van der Waals surface area contributed by atoms with Crippen LogP contribution in [-0.2, 0) is 0 Å². The number of unbranched alkanes of at least 4 members (excludes halogenated alkanes) is 1. The topological polar surface area (TPSA) is 64.2 Å². The molecule has 2 N–H and O–H groups in total. The first-order valence-corrected chi connectivity index (χ1v) is 4.70. The summed E-state index contributed by atoms with van der Waals surface area (Å²) in [5, 5.41) is 25.5. The minimum atomic E-state index is -0.609. The molecule has 1 atom stereocenters. The van der Waals surface area contributed by atoms with E-state index in [9.17, 15) is 0 Å². The number of aliphatic hydroxyl groups is 2. The number of thioether (sulfide) groups is 1. The fraction of sp³-hybridized carbons (Fsp3) is 0.857. The maximum Gasteiger partial charge on any atom is 0.0861 e. The van der Waals surface area contributed by atoms with E-state index in [-0.39, 0.29) is 6.61 Å². The van der Waals surface area contributed by atoms with Crippen molar-refractivity contribution in [3.05, 3.63) is 0 Å². The molecular formula is C7H13NO2S. The van der Waals surface area contributed by atoms with Gasteiger partial charge in [0.1, 0.15) is 0 Å². The quantitative estimate of drug-likeness (QED) is 0.573. The largest absolute Gasteiger partial charge is 0.394 e. The number of nitriles is 1. The SMILES string of the molecule is N#CCCCSCC(O)CO.